The lowest BCUT2D eigenvalue weighted by Crippen LogP contribution is -2.20. The van der Waals surface area contributed by atoms with E-state index in [4.69, 9.17) is 0 Å². The summed E-state index contributed by atoms with van der Waals surface area (Å²) in [6, 6.07) is 19.1. The SMILES string of the molecule is Cc1cc(NC(=O)c2ccc(-c3ccccc3)cc2)n(-c2nc(C)c(C)c(=O)[nH]2)n1. The second-order valence-corrected chi connectivity index (χ2v) is 7.08. The Bertz CT molecular complexity index is 1270. The van der Waals surface area contributed by atoms with Crippen molar-refractivity contribution in [2.24, 2.45) is 0 Å². The highest BCUT2D eigenvalue weighted by molar-refractivity contribution is 6.04. The van der Waals surface area contributed by atoms with Gasteiger partial charge in [-0.3, -0.25) is 14.6 Å². The van der Waals surface area contributed by atoms with Gasteiger partial charge < -0.3 is 5.32 Å². The fourth-order valence-corrected chi connectivity index (χ4v) is 3.11. The first kappa shape index (κ1) is 19.3. The maximum Gasteiger partial charge on any atom is 0.256 e. The van der Waals surface area contributed by atoms with Crippen molar-refractivity contribution in [3.63, 3.8) is 0 Å². The molecule has 7 heteroatoms. The van der Waals surface area contributed by atoms with Gasteiger partial charge in [-0.2, -0.15) is 9.78 Å². The molecule has 0 aliphatic carbocycles. The quantitative estimate of drug-likeness (QED) is 0.546. The summed E-state index contributed by atoms with van der Waals surface area (Å²) in [6.07, 6.45) is 0. The van der Waals surface area contributed by atoms with E-state index in [-0.39, 0.29) is 17.4 Å². The van der Waals surface area contributed by atoms with Gasteiger partial charge in [-0.05, 0) is 44.0 Å². The van der Waals surface area contributed by atoms with Crippen LogP contribution in [-0.2, 0) is 0 Å². The standard InChI is InChI=1S/C23H21N5O2/c1-14-13-20(28(27-14)23-24-16(3)15(2)21(29)26-23)25-22(30)19-11-9-18(10-12-19)17-7-5-4-6-8-17/h4-13H,1-3H3,(H,25,30)(H,24,26,29). The van der Waals surface area contributed by atoms with E-state index < -0.39 is 0 Å². The van der Waals surface area contributed by atoms with E-state index in [2.05, 4.69) is 20.4 Å². The summed E-state index contributed by atoms with van der Waals surface area (Å²) in [6.45, 7) is 5.28. The van der Waals surface area contributed by atoms with Gasteiger partial charge in [0.2, 0.25) is 5.95 Å². The molecule has 0 bridgehead atoms. The lowest BCUT2D eigenvalue weighted by Gasteiger charge is -2.10. The number of aromatic nitrogens is 4. The van der Waals surface area contributed by atoms with E-state index >= 15 is 0 Å². The first-order valence-electron chi connectivity index (χ1n) is 9.54. The van der Waals surface area contributed by atoms with Gasteiger partial charge >= 0.3 is 0 Å². The first-order chi connectivity index (χ1) is 14.4. The van der Waals surface area contributed by atoms with Crippen LogP contribution in [0.4, 0.5) is 5.82 Å². The lowest BCUT2D eigenvalue weighted by molar-refractivity contribution is 0.102. The van der Waals surface area contributed by atoms with Gasteiger partial charge in [0, 0.05) is 22.9 Å². The van der Waals surface area contributed by atoms with Crippen molar-refractivity contribution in [3.05, 3.63) is 93.5 Å². The summed E-state index contributed by atoms with van der Waals surface area (Å²) < 4.78 is 1.43. The minimum atomic E-state index is -0.276. The van der Waals surface area contributed by atoms with E-state index in [1.54, 1.807) is 39.0 Å². The Morgan fingerprint density at radius 2 is 1.63 bits per heavy atom. The topological polar surface area (TPSA) is 92.7 Å². The number of nitrogens with one attached hydrogen (secondary N) is 2. The summed E-state index contributed by atoms with van der Waals surface area (Å²) in [4.78, 5) is 32.0. The fourth-order valence-electron chi connectivity index (χ4n) is 3.11. The average Bonchev–Trinajstić information content (AvgIpc) is 3.12. The summed E-state index contributed by atoms with van der Waals surface area (Å²) in [5.41, 5.74) is 4.24. The summed E-state index contributed by atoms with van der Waals surface area (Å²) in [5, 5.41) is 7.22. The zero-order valence-electron chi connectivity index (χ0n) is 16.9. The van der Waals surface area contributed by atoms with Crippen molar-refractivity contribution >= 4 is 11.7 Å². The molecular formula is C23H21N5O2. The van der Waals surface area contributed by atoms with Crippen LogP contribution in [0.2, 0.25) is 0 Å². The van der Waals surface area contributed by atoms with Crippen LogP contribution < -0.4 is 10.9 Å². The average molecular weight is 399 g/mol. The first-order valence-corrected chi connectivity index (χ1v) is 9.54. The van der Waals surface area contributed by atoms with Gasteiger partial charge in [0.05, 0.1) is 5.69 Å². The number of hydrogen-bond donors (Lipinski definition) is 2. The van der Waals surface area contributed by atoms with Gasteiger partial charge in [0.15, 0.2) is 0 Å². The Hall–Kier alpha value is -4.00. The van der Waals surface area contributed by atoms with E-state index in [0.29, 0.717) is 28.3 Å². The number of hydrogen-bond acceptors (Lipinski definition) is 4. The van der Waals surface area contributed by atoms with Crippen LogP contribution in [0.3, 0.4) is 0 Å². The minimum Gasteiger partial charge on any atom is -0.306 e. The van der Waals surface area contributed by atoms with Crippen LogP contribution in [0.5, 0.6) is 0 Å². The normalized spacial score (nSPS) is 10.8. The molecule has 0 radical (unpaired) electrons. The maximum atomic E-state index is 12.8. The molecule has 2 heterocycles. The zero-order chi connectivity index (χ0) is 21.3. The molecule has 0 atom stereocenters. The van der Waals surface area contributed by atoms with Crippen molar-refractivity contribution in [1.29, 1.82) is 0 Å². The molecule has 2 aromatic carbocycles. The molecule has 0 saturated carbocycles. The molecule has 4 aromatic rings. The molecule has 0 unspecified atom stereocenters. The Labute approximate surface area is 173 Å². The monoisotopic (exact) mass is 399 g/mol. The minimum absolute atomic E-state index is 0.237. The third kappa shape index (κ3) is 3.77. The Morgan fingerprint density at radius 1 is 0.967 bits per heavy atom. The summed E-state index contributed by atoms with van der Waals surface area (Å²) >= 11 is 0. The summed E-state index contributed by atoms with van der Waals surface area (Å²) in [7, 11) is 0. The molecule has 0 saturated heterocycles. The van der Waals surface area contributed by atoms with Gasteiger partial charge in [-0.25, -0.2) is 4.98 Å². The van der Waals surface area contributed by atoms with Crippen LogP contribution in [-0.4, -0.2) is 25.7 Å². The predicted octanol–water partition coefficient (Wildman–Crippen LogP) is 3.80. The molecule has 0 spiro atoms. The third-order valence-corrected chi connectivity index (χ3v) is 4.91. The van der Waals surface area contributed by atoms with Crippen molar-refractivity contribution < 1.29 is 4.79 Å². The van der Waals surface area contributed by atoms with Crippen LogP contribution in [0.25, 0.3) is 17.1 Å². The molecule has 2 N–H and O–H groups in total. The second-order valence-electron chi connectivity index (χ2n) is 7.08. The molecule has 30 heavy (non-hydrogen) atoms. The van der Waals surface area contributed by atoms with E-state index in [1.165, 1.54) is 4.68 Å². The smallest absolute Gasteiger partial charge is 0.256 e. The number of rotatable bonds is 4. The number of benzene rings is 2. The molecule has 0 aliphatic heterocycles. The van der Waals surface area contributed by atoms with Crippen LogP contribution >= 0.6 is 0 Å². The van der Waals surface area contributed by atoms with Gasteiger partial charge in [0.1, 0.15) is 5.82 Å². The molecule has 7 nitrogen and oxygen atoms in total. The number of amides is 1. The van der Waals surface area contributed by atoms with Crippen LogP contribution in [0.1, 0.15) is 27.3 Å². The highest BCUT2D eigenvalue weighted by Crippen LogP contribution is 2.20. The molecule has 0 aliphatic rings. The second kappa shape index (κ2) is 7.79. The molecule has 150 valence electrons. The van der Waals surface area contributed by atoms with Crippen molar-refractivity contribution in [2.75, 3.05) is 5.32 Å². The van der Waals surface area contributed by atoms with Gasteiger partial charge in [0.25, 0.3) is 11.5 Å². The predicted molar refractivity (Wildman–Crippen MR) is 116 cm³/mol. The van der Waals surface area contributed by atoms with Crippen molar-refractivity contribution in [3.8, 4) is 17.1 Å². The molecular weight excluding hydrogens is 378 g/mol. The molecule has 4 rings (SSSR count). The van der Waals surface area contributed by atoms with Crippen molar-refractivity contribution in [2.45, 2.75) is 20.8 Å². The Morgan fingerprint density at radius 3 is 2.30 bits per heavy atom. The van der Waals surface area contributed by atoms with Crippen molar-refractivity contribution in [1.82, 2.24) is 19.7 Å². The van der Waals surface area contributed by atoms with E-state index in [9.17, 15) is 9.59 Å². The number of aromatic amines is 1. The lowest BCUT2D eigenvalue weighted by atomic mass is 10.0. The number of H-pyrrole nitrogens is 1. The van der Waals surface area contributed by atoms with E-state index in [0.717, 1.165) is 11.1 Å². The Balaban J connectivity index is 1.61. The fraction of sp³-hybridized carbons (Fsp3) is 0.130. The number of nitrogens with zero attached hydrogens (tertiary/aromatic N) is 3. The number of anilines is 1. The highest BCUT2D eigenvalue weighted by Gasteiger charge is 2.15. The Kier molecular flexibility index (Phi) is 5.02. The third-order valence-electron chi connectivity index (χ3n) is 4.91. The highest BCUT2D eigenvalue weighted by atomic mass is 16.1. The summed E-state index contributed by atoms with van der Waals surface area (Å²) in [5.74, 6) is 0.406. The zero-order valence-corrected chi connectivity index (χ0v) is 16.9. The van der Waals surface area contributed by atoms with Gasteiger partial charge in [-0.15, -0.1) is 0 Å². The number of carbonyl (C=O) groups excluding carboxylic acids is 1. The van der Waals surface area contributed by atoms with E-state index in [1.807, 2.05) is 42.5 Å². The van der Waals surface area contributed by atoms with Crippen LogP contribution in [0.15, 0.2) is 65.5 Å². The molecule has 0 fully saturated rings. The maximum absolute atomic E-state index is 12.8. The number of aryl methyl sites for hydroxylation is 2. The number of carbonyl (C=O) groups is 1. The largest absolute Gasteiger partial charge is 0.306 e. The van der Waals surface area contributed by atoms with Gasteiger partial charge in [-0.1, -0.05) is 42.5 Å². The molecule has 1 amide bonds. The van der Waals surface area contributed by atoms with Crippen LogP contribution in [0, 0.1) is 20.8 Å². The molecule has 2 aromatic heterocycles.